The van der Waals surface area contributed by atoms with Crippen LogP contribution < -0.4 is 4.74 Å². The zero-order chi connectivity index (χ0) is 14.2. The Morgan fingerprint density at radius 2 is 2.10 bits per heavy atom. The van der Waals surface area contributed by atoms with Gasteiger partial charge in [-0.05, 0) is 29.0 Å². The predicted octanol–water partition coefficient (Wildman–Crippen LogP) is 1.21. The highest BCUT2D eigenvalue weighted by molar-refractivity contribution is 5.71. The van der Waals surface area contributed by atoms with E-state index < -0.39 is 5.97 Å². The third-order valence-corrected chi connectivity index (χ3v) is 2.50. The smallest absolute Gasteiger partial charge is 0.344 e. The van der Waals surface area contributed by atoms with Crippen LogP contribution in [-0.4, -0.2) is 32.8 Å². The molecule has 0 saturated carbocycles. The average Bonchev–Trinajstić information content (AvgIpc) is 2.92. The maximum absolute atomic E-state index is 11.6. The Morgan fingerprint density at radius 1 is 1.30 bits per heavy atom. The van der Waals surface area contributed by atoms with Crippen LogP contribution in [0.1, 0.15) is 19.2 Å². The van der Waals surface area contributed by atoms with Crippen molar-refractivity contribution in [2.75, 3.05) is 6.61 Å². The number of esters is 1. The number of aryl methyl sites for hydroxylation is 1. The zero-order valence-corrected chi connectivity index (χ0v) is 11.2. The number of carbonyl (C=O) groups is 1. The van der Waals surface area contributed by atoms with E-state index >= 15 is 0 Å². The molecular weight excluding hydrogens is 260 g/mol. The molecule has 0 saturated heterocycles. The second kappa shape index (κ2) is 7.22. The van der Waals surface area contributed by atoms with Crippen molar-refractivity contribution in [1.29, 1.82) is 0 Å². The van der Waals surface area contributed by atoms with Gasteiger partial charge in [0.05, 0.1) is 0 Å². The summed E-state index contributed by atoms with van der Waals surface area (Å²) in [7, 11) is 0. The fourth-order valence-corrected chi connectivity index (χ4v) is 1.56. The number of aromatic nitrogens is 4. The molecule has 1 heterocycles. The van der Waals surface area contributed by atoms with Crippen LogP contribution in [-0.2, 0) is 22.7 Å². The monoisotopic (exact) mass is 276 g/mol. The summed E-state index contributed by atoms with van der Waals surface area (Å²) in [6.07, 6.45) is 0.906. The largest absolute Gasteiger partial charge is 0.482 e. The lowest BCUT2D eigenvalue weighted by Crippen LogP contribution is -2.16. The molecular formula is C13H16N4O3. The number of tetrazole rings is 1. The van der Waals surface area contributed by atoms with Crippen LogP contribution in [0.5, 0.6) is 5.75 Å². The summed E-state index contributed by atoms with van der Waals surface area (Å²) < 4.78 is 12.0. The Labute approximate surface area is 116 Å². The van der Waals surface area contributed by atoms with Crippen LogP contribution >= 0.6 is 0 Å². The fraction of sp³-hybridized carbons (Fsp3) is 0.385. The number of nitrogens with zero attached hydrogens (tertiary/aromatic N) is 4. The van der Waals surface area contributed by atoms with Crippen LogP contribution in [0, 0.1) is 0 Å². The van der Waals surface area contributed by atoms with Crippen LogP contribution in [0.25, 0.3) is 0 Å². The minimum absolute atomic E-state index is 0.0456. The summed E-state index contributed by atoms with van der Waals surface area (Å²) in [5.41, 5.74) is 0. The molecule has 2 aromatic rings. The van der Waals surface area contributed by atoms with E-state index in [2.05, 4.69) is 15.5 Å². The second-order valence-electron chi connectivity index (χ2n) is 4.08. The number of ether oxygens (including phenoxy) is 2. The molecule has 0 N–H and O–H groups in total. The zero-order valence-electron chi connectivity index (χ0n) is 11.2. The number of carbonyl (C=O) groups excluding carboxylic acids is 1. The van der Waals surface area contributed by atoms with Crippen molar-refractivity contribution in [3.63, 3.8) is 0 Å². The summed E-state index contributed by atoms with van der Waals surface area (Å²) >= 11 is 0. The molecule has 20 heavy (non-hydrogen) atoms. The molecule has 0 fully saturated rings. The summed E-state index contributed by atoms with van der Waals surface area (Å²) in [6, 6.07) is 9.09. The van der Waals surface area contributed by atoms with Gasteiger partial charge in [0.2, 0.25) is 0 Å². The Hall–Kier alpha value is -2.44. The molecule has 7 heteroatoms. The molecule has 106 valence electrons. The van der Waals surface area contributed by atoms with Gasteiger partial charge in [-0.2, -0.15) is 0 Å². The lowest BCUT2D eigenvalue weighted by molar-refractivity contribution is -0.147. The molecule has 0 spiro atoms. The molecule has 0 aliphatic heterocycles. The minimum Gasteiger partial charge on any atom is -0.482 e. The van der Waals surface area contributed by atoms with Crippen LogP contribution in [0.2, 0.25) is 0 Å². The number of hydrogen-bond donors (Lipinski definition) is 0. The van der Waals surface area contributed by atoms with Crippen molar-refractivity contribution in [1.82, 2.24) is 20.2 Å². The van der Waals surface area contributed by atoms with Crippen molar-refractivity contribution >= 4 is 5.97 Å². The van der Waals surface area contributed by atoms with Crippen molar-refractivity contribution in [2.45, 2.75) is 26.5 Å². The normalized spacial score (nSPS) is 10.2. The summed E-state index contributed by atoms with van der Waals surface area (Å²) in [6.45, 7) is 2.62. The molecule has 7 nitrogen and oxygen atoms in total. The fourth-order valence-electron chi connectivity index (χ4n) is 1.56. The molecule has 0 bridgehead atoms. The van der Waals surface area contributed by atoms with E-state index in [1.807, 2.05) is 25.1 Å². The Morgan fingerprint density at radius 3 is 2.85 bits per heavy atom. The third-order valence-electron chi connectivity index (χ3n) is 2.50. The molecule has 1 aromatic heterocycles. The summed E-state index contributed by atoms with van der Waals surface area (Å²) in [5.74, 6) is 0.695. The van der Waals surface area contributed by atoms with Gasteiger partial charge in [-0.3, -0.25) is 0 Å². The van der Waals surface area contributed by atoms with Gasteiger partial charge in [0, 0.05) is 6.54 Å². The van der Waals surface area contributed by atoms with E-state index in [4.69, 9.17) is 9.47 Å². The number of para-hydroxylation sites is 1. The minimum atomic E-state index is -0.458. The highest BCUT2D eigenvalue weighted by atomic mass is 16.6. The van der Waals surface area contributed by atoms with Gasteiger partial charge < -0.3 is 9.47 Å². The molecule has 0 aliphatic rings. The highest BCUT2D eigenvalue weighted by Crippen LogP contribution is 2.08. The molecule has 0 unspecified atom stereocenters. The molecule has 2 rings (SSSR count). The van der Waals surface area contributed by atoms with E-state index in [1.165, 1.54) is 0 Å². The van der Waals surface area contributed by atoms with E-state index in [0.29, 0.717) is 18.1 Å². The number of hydrogen-bond acceptors (Lipinski definition) is 6. The average molecular weight is 276 g/mol. The van der Waals surface area contributed by atoms with Crippen molar-refractivity contribution < 1.29 is 14.3 Å². The molecule has 1 aromatic carbocycles. The van der Waals surface area contributed by atoms with E-state index in [9.17, 15) is 4.79 Å². The lowest BCUT2D eigenvalue weighted by Gasteiger charge is -2.06. The van der Waals surface area contributed by atoms with Gasteiger partial charge in [0.1, 0.15) is 5.75 Å². The third kappa shape index (κ3) is 4.04. The Kier molecular flexibility index (Phi) is 5.05. The molecule has 0 aliphatic carbocycles. The van der Waals surface area contributed by atoms with E-state index in [-0.39, 0.29) is 13.2 Å². The predicted molar refractivity (Wildman–Crippen MR) is 69.8 cm³/mol. The molecule has 0 radical (unpaired) electrons. The Balaban J connectivity index is 1.76. The molecule has 0 atom stereocenters. The van der Waals surface area contributed by atoms with Gasteiger partial charge >= 0.3 is 5.97 Å². The van der Waals surface area contributed by atoms with Crippen LogP contribution in [0.3, 0.4) is 0 Å². The molecule has 0 amide bonds. The number of benzene rings is 1. The van der Waals surface area contributed by atoms with Gasteiger partial charge in [-0.15, -0.1) is 5.10 Å². The first-order chi connectivity index (χ1) is 9.79. The highest BCUT2D eigenvalue weighted by Gasteiger charge is 2.09. The van der Waals surface area contributed by atoms with Crippen LogP contribution in [0.4, 0.5) is 0 Å². The number of rotatable bonds is 7. The standard InChI is InChI=1S/C13H16N4O3/c1-2-8-17-12(14-15-16-17)9-20-13(18)10-19-11-6-4-3-5-7-11/h3-7H,2,8-10H2,1H3. The van der Waals surface area contributed by atoms with Crippen molar-refractivity contribution in [3.8, 4) is 5.75 Å². The van der Waals surface area contributed by atoms with Crippen molar-refractivity contribution in [3.05, 3.63) is 36.2 Å². The SMILES string of the molecule is CCCn1nnnc1COC(=O)COc1ccccc1. The maximum atomic E-state index is 11.6. The van der Waals surface area contributed by atoms with Gasteiger partial charge in [-0.1, -0.05) is 25.1 Å². The van der Waals surface area contributed by atoms with Crippen LogP contribution in [0.15, 0.2) is 30.3 Å². The van der Waals surface area contributed by atoms with E-state index in [0.717, 1.165) is 6.42 Å². The topological polar surface area (TPSA) is 79.1 Å². The first kappa shape index (κ1) is 14.0. The first-order valence-corrected chi connectivity index (χ1v) is 6.38. The summed E-state index contributed by atoms with van der Waals surface area (Å²) in [4.78, 5) is 11.6. The lowest BCUT2D eigenvalue weighted by atomic mass is 10.3. The van der Waals surface area contributed by atoms with Gasteiger partial charge in [-0.25, -0.2) is 9.48 Å². The van der Waals surface area contributed by atoms with Crippen molar-refractivity contribution in [2.24, 2.45) is 0 Å². The quantitative estimate of drug-likeness (QED) is 0.707. The maximum Gasteiger partial charge on any atom is 0.344 e. The van der Waals surface area contributed by atoms with Gasteiger partial charge in [0.15, 0.2) is 19.0 Å². The first-order valence-electron chi connectivity index (χ1n) is 6.38. The van der Waals surface area contributed by atoms with E-state index in [1.54, 1.807) is 16.8 Å². The Bertz CT molecular complexity index is 542. The summed E-state index contributed by atoms with van der Waals surface area (Å²) in [5, 5.41) is 11.2. The van der Waals surface area contributed by atoms with Gasteiger partial charge in [0.25, 0.3) is 0 Å². The second-order valence-corrected chi connectivity index (χ2v) is 4.08.